The minimum absolute atomic E-state index is 0.0938. The van der Waals surface area contributed by atoms with Crippen LogP contribution in [0.4, 0.5) is 0 Å². The molecule has 0 aromatic heterocycles. The Morgan fingerprint density at radius 3 is 2.81 bits per heavy atom. The van der Waals surface area contributed by atoms with Gasteiger partial charge in [-0.25, -0.2) is 0 Å². The number of hydrogen-bond donors (Lipinski definition) is 0. The molecule has 1 aromatic rings. The number of fused-ring (bicyclic) bond motifs is 1. The second-order valence-electron chi connectivity index (χ2n) is 6.28. The fourth-order valence-electron chi connectivity index (χ4n) is 3.18. The van der Waals surface area contributed by atoms with Gasteiger partial charge in [0, 0.05) is 26.1 Å². The lowest BCUT2D eigenvalue weighted by Crippen LogP contribution is -2.34. The molecule has 2 fully saturated rings. The van der Waals surface area contributed by atoms with Crippen LogP contribution in [0.1, 0.15) is 24.8 Å². The standard InChI is InChI=1S/C18H18N2O4S2/c21-16(19-6-1-2-7-19)5-8-20-17(22)15(26-18(20)25)10-12-3-4-13-14(9-12)24-11-23-13/h3-4,9-10H,1-2,5-8,11H2/b15-10-. The fraction of sp³-hybridized carbons (Fsp3) is 0.389. The molecular formula is C18H18N2O4S2. The van der Waals surface area contributed by atoms with E-state index in [2.05, 4.69) is 0 Å². The van der Waals surface area contributed by atoms with Crippen molar-refractivity contribution in [2.24, 2.45) is 0 Å². The summed E-state index contributed by atoms with van der Waals surface area (Å²) in [5.41, 5.74) is 0.850. The maximum Gasteiger partial charge on any atom is 0.266 e. The highest BCUT2D eigenvalue weighted by Crippen LogP contribution is 2.36. The van der Waals surface area contributed by atoms with Crippen molar-refractivity contribution in [3.05, 3.63) is 28.7 Å². The number of likely N-dealkylation sites (tertiary alicyclic amines) is 1. The summed E-state index contributed by atoms with van der Waals surface area (Å²) < 4.78 is 11.2. The molecule has 2 saturated heterocycles. The molecule has 2 amide bonds. The van der Waals surface area contributed by atoms with Gasteiger partial charge in [0.15, 0.2) is 11.5 Å². The van der Waals surface area contributed by atoms with E-state index in [4.69, 9.17) is 21.7 Å². The molecule has 0 radical (unpaired) electrons. The number of carbonyl (C=O) groups excluding carboxylic acids is 2. The van der Waals surface area contributed by atoms with Crippen molar-refractivity contribution in [3.63, 3.8) is 0 Å². The molecule has 3 aliphatic rings. The van der Waals surface area contributed by atoms with Gasteiger partial charge in [0.2, 0.25) is 12.7 Å². The molecule has 0 unspecified atom stereocenters. The third-order valence-corrected chi connectivity index (χ3v) is 5.95. The number of thioether (sulfide) groups is 1. The van der Waals surface area contributed by atoms with Gasteiger partial charge in [-0.2, -0.15) is 0 Å². The average Bonchev–Trinajstić information content (AvgIpc) is 3.36. The number of nitrogens with zero attached hydrogens (tertiary/aromatic N) is 2. The molecule has 0 aliphatic carbocycles. The second kappa shape index (κ2) is 7.28. The van der Waals surface area contributed by atoms with Crippen LogP contribution in [-0.4, -0.2) is 52.4 Å². The van der Waals surface area contributed by atoms with Crippen LogP contribution < -0.4 is 9.47 Å². The van der Waals surface area contributed by atoms with Gasteiger partial charge in [0.25, 0.3) is 5.91 Å². The van der Waals surface area contributed by atoms with E-state index in [-0.39, 0.29) is 18.6 Å². The molecule has 26 heavy (non-hydrogen) atoms. The number of ether oxygens (including phenoxy) is 2. The highest BCUT2D eigenvalue weighted by Gasteiger charge is 2.32. The lowest BCUT2D eigenvalue weighted by molar-refractivity contribution is -0.130. The lowest BCUT2D eigenvalue weighted by Gasteiger charge is -2.18. The minimum atomic E-state index is -0.146. The summed E-state index contributed by atoms with van der Waals surface area (Å²) >= 11 is 6.60. The van der Waals surface area contributed by atoms with E-state index in [9.17, 15) is 9.59 Å². The molecule has 3 aliphatic heterocycles. The molecule has 6 nitrogen and oxygen atoms in total. The van der Waals surface area contributed by atoms with Crippen LogP contribution in [-0.2, 0) is 9.59 Å². The lowest BCUT2D eigenvalue weighted by atomic mass is 10.2. The van der Waals surface area contributed by atoms with Crippen molar-refractivity contribution in [2.45, 2.75) is 19.3 Å². The van der Waals surface area contributed by atoms with Gasteiger partial charge in [-0.1, -0.05) is 30.0 Å². The third kappa shape index (κ3) is 3.43. The predicted molar refractivity (Wildman–Crippen MR) is 103 cm³/mol. The molecular weight excluding hydrogens is 372 g/mol. The van der Waals surface area contributed by atoms with Gasteiger partial charge in [0.1, 0.15) is 4.32 Å². The van der Waals surface area contributed by atoms with Crippen molar-refractivity contribution in [2.75, 3.05) is 26.4 Å². The SMILES string of the molecule is O=C(CCN1C(=O)/C(=C/c2ccc3c(c2)OCO3)SC1=S)N1CCCC1. The smallest absolute Gasteiger partial charge is 0.266 e. The van der Waals surface area contributed by atoms with Crippen LogP contribution in [0.2, 0.25) is 0 Å². The zero-order chi connectivity index (χ0) is 18.1. The summed E-state index contributed by atoms with van der Waals surface area (Å²) in [5.74, 6) is 1.32. The average molecular weight is 390 g/mol. The number of amides is 2. The normalized spacial score (nSPS) is 20.5. The molecule has 1 aromatic carbocycles. The van der Waals surface area contributed by atoms with E-state index < -0.39 is 0 Å². The Bertz CT molecular complexity index is 802. The van der Waals surface area contributed by atoms with Crippen LogP contribution >= 0.6 is 24.0 Å². The summed E-state index contributed by atoms with van der Waals surface area (Å²) in [5, 5.41) is 0. The fourth-order valence-corrected chi connectivity index (χ4v) is 4.49. The van der Waals surface area contributed by atoms with Gasteiger partial charge in [-0.15, -0.1) is 0 Å². The van der Waals surface area contributed by atoms with E-state index in [1.807, 2.05) is 23.1 Å². The Morgan fingerprint density at radius 1 is 1.23 bits per heavy atom. The molecule has 0 saturated carbocycles. The Labute approximate surface area is 161 Å². The predicted octanol–water partition coefficient (Wildman–Crippen LogP) is 2.63. The number of thiocarbonyl (C=S) groups is 1. The van der Waals surface area contributed by atoms with Crippen molar-refractivity contribution < 1.29 is 19.1 Å². The molecule has 0 bridgehead atoms. The molecule has 136 valence electrons. The first-order chi connectivity index (χ1) is 12.6. The molecule has 0 spiro atoms. The van der Waals surface area contributed by atoms with Gasteiger partial charge in [-0.05, 0) is 36.6 Å². The first-order valence-corrected chi connectivity index (χ1v) is 9.77. The van der Waals surface area contributed by atoms with Gasteiger partial charge in [0.05, 0.1) is 4.91 Å². The van der Waals surface area contributed by atoms with E-state index >= 15 is 0 Å². The summed E-state index contributed by atoms with van der Waals surface area (Å²) in [6.45, 7) is 2.19. The number of rotatable bonds is 4. The molecule has 0 atom stereocenters. The van der Waals surface area contributed by atoms with Crippen molar-refractivity contribution in [1.29, 1.82) is 0 Å². The van der Waals surface area contributed by atoms with E-state index in [0.29, 0.717) is 33.7 Å². The maximum absolute atomic E-state index is 12.7. The van der Waals surface area contributed by atoms with E-state index in [1.54, 1.807) is 6.08 Å². The topological polar surface area (TPSA) is 59.1 Å². The molecule has 4 rings (SSSR count). The summed E-state index contributed by atoms with van der Waals surface area (Å²) in [6.07, 6.45) is 4.23. The van der Waals surface area contributed by atoms with E-state index in [1.165, 1.54) is 16.7 Å². The van der Waals surface area contributed by atoms with Crippen LogP contribution in [0.25, 0.3) is 6.08 Å². The van der Waals surface area contributed by atoms with Crippen molar-refractivity contribution >= 4 is 46.2 Å². The maximum atomic E-state index is 12.7. The molecule has 0 N–H and O–H groups in total. The third-order valence-electron chi connectivity index (χ3n) is 4.58. The Morgan fingerprint density at radius 2 is 2.00 bits per heavy atom. The zero-order valence-corrected chi connectivity index (χ0v) is 15.7. The highest BCUT2D eigenvalue weighted by atomic mass is 32.2. The van der Waals surface area contributed by atoms with Gasteiger partial charge >= 0.3 is 0 Å². The Hall–Kier alpha value is -2.06. The quantitative estimate of drug-likeness (QED) is 0.582. The highest BCUT2D eigenvalue weighted by molar-refractivity contribution is 8.26. The first-order valence-electron chi connectivity index (χ1n) is 8.54. The largest absolute Gasteiger partial charge is 0.454 e. The number of benzene rings is 1. The summed E-state index contributed by atoms with van der Waals surface area (Å²) in [7, 11) is 0. The van der Waals surface area contributed by atoms with Gasteiger partial charge < -0.3 is 14.4 Å². The first kappa shape index (κ1) is 17.4. The Kier molecular flexibility index (Phi) is 4.86. The van der Waals surface area contributed by atoms with Crippen molar-refractivity contribution in [1.82, 2.24) is 9.80 Å². The number of hydrogen-bond acceptors (Lipinski definition) is 6. The summed E-state index contributed by atoms with van der Waals surface area (Å²) in [6, 6.07) is 5.53. The van der Waals surface area contributed by atoms with E-state index in [0.717, 1.165) is 31.5 Å². The van der Waals surface area contributed by atoms with Crippen molar-refractivity contribution in [3.8, 4) is 11.5 Å². The molecule has 8 heteroatoms. The van der Waals surface area contributed by atoms with Crippen LogP contribution in [0, 0.1) is 0 Å². The second-order valence-corrected chi connectivity index (χ2v) is 7.96. The zero-order valence-electron chi connectivity index (χ0n) is 14.1. The monoisotopic (exact) mass is 390 g/mol. The minimum Gasteiger partial charge on any atom is -0.454 e. The van der Waals surface area contributed by atoms with Crippen LogP contribution in [0.15, 0.2) is 23.1 Å². The summed E-state index contributed by atoms with van der Waals surface area (Å²) in [4.78, 5) is 28.8. The molecule has 3 heterocycles. The Balaban J connectivity index is 1.42. The van der Waals surface area contributed by atoms with Crippen LogP contribution in [0.3, 0.4) is 0 Å². The van der Waals surface area contributed by atoms with Gasteiger partial charge in [-0.3, -0.25) is 14.5 Å². The number of carbonyl (C=O) groups is 2. The van der Waals surface area contributed by atoms with Crippen LogP contribution in [0.5, 0.6) is 11.5 Å².